The summed E-state index contributed by atoms with van der Waals surface area (Å²) in [6.45, 7) is 1.73. The third kappa shape index (κ3) is 2.80. The summed E-state index contributed by atoms with van der Waals surface area (Å²) in [5.41, 5.74) is 0.00273. The Bertz CT molecular complexity index is 815. The molecule has 3 heterocycles. The van der Waals surface area contributed by atoms with E-state index in [9.17, 15) is 9.59 Å². The highest BCUT2D eigenvalue weighted by atomic mass is 16.3. The molecule has 7 nitrogen and oxygen atoms in total. The molecule has 7 heteroatoms. The molecule has 0 radical (unpaired) electrons. The predicted molar refractivity (Wildman–Crippen MR) is 89.2 cm³/mol. The Balaban J connectivity index is 1.65. The monoisotopic (exact) mass is 331 g/mol. The fourth-order valence-corrected chi connectivity index (χ4v) is 3.97. The van der Waals surface area contributed by atoms with Crippen LogP contribution in [0.5, 0.6) is 0 Å². The number of H-pyrrole nitrogens is 1. The standard InChI is InChI=1S/C17H22N4O3/c22-16-14-10-20(12-5-2-1-3-6-12)11-18-15(14)21(17(23)19-16)9-13-7-4-8-24-13/h4,7-8,12,18H,1-3,5-6,9-11H2,(H,19,22,23)/p+1. The minimum Gasteiger partial charge on any atom is -0.467 e. The second kappa shape index (κ2) is 6.32. The molecule has 2 aromatic heterocycles. The number of furan rings is 1. The van der Waals surface area contributed by atoms with Crippen LogP contribution in [0.25, 0.3) is 0 Å². The van der Waals surface area contributed by atoms with Crippen LogP contribution in [0.15, 0.2) is 32.4 Å². The molecule has 1 fully saturated rings. The molecule has 0 amide bonds. The Hall–Kier alpha value is -2.28. The number of nitrogens with zero attached hydrogens (tertiary/aromatic N) is 1. The van der Waals surface area contributed by atoms with Crippen LogP contribution in [-0.2, 0) is 13.1 Å². The zero-order chi connectivity index (χ0) is 16.5. The van der Waals surface area contributed by atoms with Gasteiger partial charge in [0.1, 0.15) is 23.7 Å². The quantitative estimate of drug-likeness (QED) is 0.754. The summed E-state index contributed by atoms with van der Waals surface area (Å²) < 4.78 is 6.91. The van der Waals surface area contributed by atoms with E-state index < -0.39 is 5.69 Å². The van der Waals surface area contributed by atoms with Gasteiger partial charge in [0.15, 0.2) is 6.67 Å². The first-order chi connectivity index (χ1) is 11.7. The third-order valence-electron chi connectivity index (χ3n) is 5.26. The summed E-state index contributed by atoms with van der Waals surface area (Å²) in [5.74, 6) is 1.33. The van der Waals surface area contributed by atoms with Gasteiger partial charge in [-0.2, -0.15) is 0 Å². The number of fused-ring (bicyclic) bond motifs is 1. The van der Waals surface area contributed by atoms with Crippen molar-refractivity contribution in [3.63, 3.8) is 0 Å². The maximum atomic E-state index is 12.3. The van der Waals surface area contributed by atoms with Crippen molar-refractivity contribution in [2.75, 3.05) is 12.0 Å². The summed E-state index contributed by atoms with van der Waals surface area (Å²) in [5, 5.41) is 3.34. The van der Waals surface area contributed by atoms with Gasteiger partial charge in [-0.1, -0.05) is 6.42 Å². The van der Waals surface area contributed by atoms with Gasteiger partial charge in [-0.3, -0.25) is 14.3 Å². The first kappa shape index (κ1) is 15.3. The number of hydrogen-bond acceptors (Lipinski definition) is 4. The maximum Gasteiger partial charge on any atom is 0.330 e. The van der Waals surface area contributed by atoms with Gasteiger partial charge in [0.25, 0.3) is 5.56 Å². The van der Waals surface area contributed by atoms with Crippen LogP contribution < -0.4 is 21.5 Å². The second-order valence-corrected chi connectivity index (χ2v) is 6.78. The summed E-state index contributed by atoms with van der Waals surface area (Å²) in [6, 6.07) is 4.22. The van der Waals surface area contributed by atoms with Crippen LogP contribution in [-0.4, -0.2) is 22.3 Å². The minimum absolute atomic E-state index is 0.272. The van der Waals surface area contributed by atoms with Crippen LogP contribution >= 0.6 is 0 Å². The van der Waals surface area contributed by atoms with E-state index in [0.29, 0.717) is 36.3 Å². The van der Waals surface area contributed by atoms with Gasteiger partial charge in [0, 0.05) is 0 Å². The van der Waals surface area contributed by atoms with E-state index in [1.54, 1.807) is 16.9 Å². The number of nitrogens with one attached hydrogen (secondary N) is 3. The Morgan fingerprint density at radius 3 is 2.83 bits per heavy atom. The molecule has 2 aromatic rings. The molecule has 0 aromatic carbocycles. The smallest absolute Gasteiger partial charge is 0.330 e. The molecule has 1 aliphatic carbocycles. The van der Waals surface area contributed by atoms with Gasteiger partial charge in [0.2, 0.25) is 0 Å². The lowest BCUT2D eigenvalue weighted by Crippen LogP contribution is -3.16. The number of quaternary nitrogens is 1. The molecule has 1 atom stereocenters. The molecule has 1 unspecified atom stereocenters. The van der Waals surface area contributed by atoms with Crippen molar-refractivity contribution in [3.05, 3.63) is 50.6 Å². The average molecular weight is 331 g/mol. The number of aromatic amines is 1. The summed E-state index contributed by atoms with van der Waals surface area (Å²) in [4.78, 5) is 28.4. The van der Waals surface area contributed by atoms with Crippen molar-refractivity contribution in [2.45, 2.75) is 51.2 Å². The molecule has 0 spiro atoms. The number of hydrogen-bond donors (Lipinski definition) is 3. The number of anilines is 1. The number of rotatable bonds is 3. The molecule has 0 saturated heterocycles. The average Bonchev–Trinajstić information content (AvgIpc) is 3.12. The minimum atomic E-state index is -0.399. The molecule has 3 N–H and O–H groups in total. The highest BCUT2D eigenvalue weighted by Crippen LogP contribution is 2.18. The van der Waals surface area contributed by atoms with Gasteiger partial charge in [-0.25, -0.2) is 4.79 Å². The molecular weight excluding hydrogens is 308 g/mol. The van der Waals surface area contributed by atoms with E-state index >= 15 is 0 Å². The van der Waals surface area contributed by atoms with Crippen LogP contribution in [0.2, 0.25) is 0 Å². The molecule has 0 bridgehead atoms. The van der Waals surface area contributed by atoms with Crippen molar-refractivity contribution in [2.24, 2.45) is 0 Å². The lowest BCUT2D eigenvalue weighted by atomic mass is 9.94. The zero-order valence-corrected chi connectivity index (χ0v) is 13.6. The second-order valence-electron chi connectivity index (χ2n) is 6.78. The summed E-state index contributed by atoms with van der Waals surface area (Å²) >= 11 is 0. The summed E-state index contributed by atoms with van der Waals surface area (Å²) in [7, 11) is 0. The zero-order valence-electron chi connectivity index (χ0n) is 13.6. The van der Waals surface area contributed by atoms with E-state index in [1.165, 1.54) is 37.0 Å². The highest BCUT2D eigenvalue weighted by Gasteiger charge is 2.31. The van der Waals surface area contributed by atoms with E-state index in [4.69, 9.17) is 4.42 Å². The third-order valence-corrected chi connectivity index (χ3v) is 5.26. The Morgan fingerprint density at radius 1 is 1.25 bits per heavy atom. The van der Waals surface area contributed by atoms with E-state index in [1.807, 2.05) is 6.07 Å². The predicted octanol–water partition coefficient (Wildman–Crippen LogP) is 0.278. The fourth-order valence-electron chi connectivity index (χ4n) is 3.97. The first-order valence-corrected chi connectivity index (χ1v) is 8.69. The molecule has 1 aliphatic heterocycles. The SMILES string of the molecule is O=c1[nH]c(=O)n(Cc2ccco2)c2c1C[NH+](C1CCCCC1)CN2. The topological polar surface area (TPSA) is 84.5 Å². The van der Waals surface area contributed by atoms with Crippen molar-refractivity contribution >= 4 is 5.82 Å². The fraction of sp³-hybridized carbons (Fsp3) is 0.529. The maximum absolute atomic E-state index is 12.3. The Kier molecular flexibility index (Phi) is 4.02. The van der Waals surface area contributed by atoms with Gasteiger partial charge in [0.05, 0.1) is 18.8 Å². The lowest BCUT2D eigenvalue weighted by molar-refractivity contribution is -0.938. The largest absolute Gasteiger partial charge is 0.467 e. The Morgan fingerprint density at radius 2 is 2.08 bits per heavy atom. The van der Waals surface area contributed by atoms with Crippen molar-refractivity contribution in [1.82, 2.24) is 9.55 Å². The molecular formula is C17H23N4O3+. The van der Waals surface area contributed by atoms with E-state index in [0.717, 1.165) is 6.67 Å². The van der Waals surface area contributed by atoms with Crippen molar-refractivity contribution in [3.8, 4) is 0 Å². The van der Waals surface area contributed by atoms with Crippen molar-refractivity contribution in [1.29, 1.82) is 0 Å². The van der Waals surface area contributed by atoms with E-state index in [-0.39, 0.29) is 5.56 Å². The summed E-state index contributed by atoms with van der Waals surface area (Å²) in [6.07, 6.45) is 7.88. The number of aromatic nitrogens is 2. The first-order valence-electron chi connectivity index (χ1n) is 8.69. The van der Waals surface area contributed by atoms with Gasteiger partial charge < -0.3 is 14.6 Å². The normalized spacial score (nSPS) is 21.2. The molecule has 4 rings (SSSR count). The lowest BCUT2D eigenvalue weighted by Gasteiger charge is -2.35. The van der Waals surface area contributed by atoms with Crippen LogP contribution in [0.4, 0.5) is 5.82 Å². The van der Waals surface area contributed by atoms with Crippen molar-refractivity contribution < 1.29 is 9.32 Å². The van der Waals surface area contributed by atoms with Gasteiger partial charge >= 0.3 is 5.69 Å². The van der Waals surface area contributed by atoms with Gasteiger partial charge in [-0.15, -0.1) is 0 Å². The highest BCUT2D eigenvalue weighted by molar-refractivity contribution is 5.44. The van der Waals surface area contributed by atoms with Crippen LogP contribution in [0.1, 0.15) is 43.4 Å². The molecule has 24 heavy (non-hydrogen) atoms. The molecule has 1 saturated carbocycles. The van der Waals surface area contributed by atoms with Gasteiger partial charge in [-0.05, 0) is 37.8 Å². The molecule has 128 valence electrons. The van der Waals surface area contributed by atoms with Crippen LogP contribution in [0.3, 0.4) is 0 Å². The van der Waals surface area contributed by atoms with Crippen LogP contribution in [0, 0.1) is 0 Å². The Labute approximate surface area is 139 Å². The molecule has 2 aliphatic rings. The van der Waals surface area contributed by atoms with E-state index in [2.05, 4.69) is 10.3 Å².